The minimum atomic E-state index is 0.754. The monoisotopic (exact) mass is 339 g/mol. The highest BCUT2D eigenvalue weighted by molar-refractivity contribution is 9.09. The summed E-state index contributed by atoms with van der Waals surface area (Å²) in [7, 11) is 0. The van der Waals surface area contributed by atoms with Gasteiger partial charge in [0.1, 0.15) is 0 Å². The van der Waals surface area contributed by atoms with Crippen LogP contribution in [0.15, 0.2) is 29.2 Å². The Morgan fingerprint density at radius 1 is 1.32 bits per heavy atom. The molecule has 104 valence electrons. The zero-order chi connectivity index (χ0) is 13.1. The topological polar surface area (TPSA) is 3.24 Å². The predicted molar refractivity (Wildman–Crippen MR) is 87.5 cm³/mol. The molecule has 1 nitrogen and oxygen atoms in total. The van der Waals surface area contributed by atoms with Gasteiger partial charge in [-0.3, -0.25) is 0 Å². The van der Waals surface area contributed by atoms with Gasteiger partial charge in [-0.1, -0.05) is 34.1 Å². The molecule has 19 heavy (non-hydrogen) atoms. The third kappa shape index (κ3) is 3.37. The summed E-state index contributed by atoms with van der Waals surface area (Å²) in [4.78, 5) is 4.23. The lowest BCUT2D eigenvalue weighted by molar-refractivity contribution is 0.166. The third-order valence-corrected chi connectivity index (χ3v) is 6.11. The van der Waals surface area contributed by atoms with Gasteiger partial charge >= 0.3 is 0 Å². The lowest BCUT2D eigenvalue weighted by Crippen LogP contribution is -2.38. The normalized spacial score (nSPS) is 27.4. The average Bonchev–Trinajstić information content (AvgIpc) is 2.83. The van der Waals surface area contributed by atoms with Gasteiger partial charge in [0.25, 0.3) is 0 Å². The fourth-order valence-electron chi connectivity index (χ4n) is 3.40. The molecule has 3 rings (SSSR count). The SMILES string of the molecule is BrCCC1CCCN(CC2CSc3ccccc32)C1. The van der Waals surface area contributed by atoms with Gasteiger partial charge in [0.05, 0.1) is 0 Å². The first-order valence-corrected chi connectivity index (χ1v) is 9.47. The van der Waals surface area contributed by atoms with E-state index >= 15 is 0 Å². The summed E-state index contributed by atoms with van der Waals surface area (Å²) in [5, 5.41) is 1.16. The molecule has 1 aromatic rings. The van der Waals surface area contributed by atoms with Crippen molar-refractivity contribution in [3.05, 3.63) is 29.8 Å². The van der Waals surface area contributed by atoms with E-state index in [1.165, 1.54) is 49.5 Å². The van der Waals surface area contributed by atoms with Gasteiger partial charge in [-0.25, -0.2) is 0 Å². The third-order valence-electron chi connectivity index (χ3n) is 4.40. The summed E-state index contributed by atoms with van der Waals surface area (Å²) in [6.45, 7) is 3.89. The number of hydrogen-bond acceptors (Lipinski definition) is 2. The molecule has 0 radical (unpaired) electrons. The van der Waals surface area contributed by atoms with Crippen LogP contribution in [0.3, 0.4) is 0 Å². The van der Waals surface area contributed by atoms with Crippen molar-refractivity contribution in [1.29, 1.82) is 0 Å². The smallest absolute Gasteiger partial charge is 0.0108 e. The number of alkyl halides is 1. The molecule has 2 heterocycles. The van der Waals surface area contributed by atoms with Crippen molar-refractivity contribution in [2.24, 2.45) is 5.92 Å². The molecule has 0 saturated carbocycles. The van der Waals surface area contributed by atoms with Gasteiger partial charge in [-0.05, 0) is 43.4 Å². The van der Waals surface area contributed by atoms with E-state index in [1.807, 2.05) is 11.8 Å². The molecule has 1 aromatic carbocycles. The molecular weight excluding hydrogens is 318 g/mol. The van der Waals surface area contributed by atoms with Gasteiger partial charge in [0, 0.05) is 35.0 Å². The van der Waals surface area contributed by atoms with Crippen LogP contribution in [0.1, 0.15) is 30.7 Å². The number of fused-ring (bicyclic) bond motifs is 1. The number of piperidine rings is 1. The Labute approximate surface area is 129 Å². The second-order valence-corrected chi connectivity index (χ2v) is 7.65. The summed E-state index contributed by atoms with van der Waals surface area (Å²) < 4.78 is 0. The first-order valence-electron chi connectivity index (χ1n) is 7.37. The molecule has 0 spiro atoms. The number of rotatable bonds is 4. The quantitative estimate of drug-likeness (QED) is 0.749. The fraction of sp³-hybridized carbons (Fsp3) is 0.625. The minimum Gasteiger partial charge on any atom is -0.302 e. The second-order valence-electron chi connectivity index (χ2n) is 5.79. The number of thioether (sulfide) groups is 1. The van der Waals surface area contributed by atoms with Crippen molar-refractivity contribution in [2.45, 2.75) is 30.1 Å². The lowest BCUT2D eigenvalue weighted by atomic mass is 9.93. The molecule has 0 aliphatic carbocycles. The Bertz CT molecular complexity index is 421. The molecule has 3 heteroatoms. The Kier molecular flexibility index (Phi) is 4.88. The first kappa shape index (κ1) is 14.0. The van der Waals surface area contributed by atoms with Crippen molar-refractivity contribution in [3.63, 3.8) is 0 Å². The van der Waals surface area contributed by atoms with E-state index in [-0.39, 0.29) is 0 Å². The standard InChI is InChI=1S/C16H22BrNS/c17-8-7-13-4-3-9-18(10-13)11-14-12-19-16-6-2-1-5-15(14)16/h1-2,5-6,13-14H,3-4,7-12H2. The van der Waals surface area contributed by atoms with Crippen molar-refractivity contribution in [3.8, 4) is 0 Å². The molecular formula is C16H22BrNS. The average molecular weight is 340 g/mol. The van der Waals surface area contributed by atoms with Crippen molar-refractivity contribution in [2.75, 3.05) is 30.7 Å². The van der Waals surface area contributed by atoms with E-state index in [0.29, 0.717) is 0 Å². The Balaban J connectivity index is 1.60. The summed E-state index contributed by atoms with van der Waals surface area (Å²) in [6, 6.07) is 8.98. The maximum atomic E-state index is 3.59. The molecule has 1 fully saturated rings. The maximum absolute atomic E-state index is 3.59. The second kappa shape index (κ2) is 6.64. The Hall–Kier alpha value is 0.0100. The lowest BCUT2D eigenvalue weighted by Gasteiger charge is -2.34. The molecule has 2 aliphatic heterocycles. The van der Waals surface area contributed by atoms with E-state index in [9.17, 15) is 0 Å². The molecule has 1 saturated heterocycles. The minimum absolute atomic E-state index is 0.754. The predicted octanol–water partition coefficient (Wildman–Crippen LogP) is 4.37. The summed E-state index contributed by atoms with van der Waals surface area (Å²) in [6.07, 6.45) is 4.16. The van der Waals surface area contributed by atoms with Crippen molar-refractivity contribution < 1.29 is 0 Å². The number of benzene rings is 1. The summed E-state index contributed by atoms with van der Waals surface area (Å²) in [5.74, 6) is 2.94. The van der Waals surface area contributed by atoms with Gasteiger partial charge in [0.2, 0.25) is 0 Å². The van der Waals surface area contributed by atoms with Crippen LogP contribution < -0.4 is 0 Å². The van der Waals surface area contributed by atoms with E-state index in [4.69, 9.17) is 0 Å². The zero-order valence-electron chi connectivity index (χ0n) is 11.4. The molecule has 0 amide bonds. The molecule has 0 N–H and O–H groups in total. The van der Waals surface area contributed by atoms with Crippen LogP contribution in [0, 0.1) is 5.92 Å². The number of hydrogen-bond donors (Lipinski definition) is 0. The van der Waals surface area contributed by atoms with Crippen LogP contribution in [-0.2, 0) is 0 Å². The van der Waals surface area contributed by atoms with E-state index in [2.05, 4.69) is 45.1 Å². The summed E-state index contributed by atoms with van der Waals surface area (Å²) >= 11 is 5.63. The van der Waals surface area contributed by atoms with Crippen LogP contribution >= 0.6 is 27.7 Å². The van der Waals surface area contributed by atoms with Gasteiger partial charge in [-0.15, -0.1) is 11.8 Å². The molecule has 0 aromatic heterocycles. The number of nitrogens with zero attached hydrogens (tertiary/aromatic N) is 1. The van der Waals surface area contributed by atoms with Crippen LogP contribution in [0.5, 0.6) is 0 Å². The highest BCUT2D eigenvalue weighted by Gasteiger charge is 2.27. The number of halogens is 1. The van der Waals surface area contributed by atoms with Gasteiger partial charge < -0.3 is 4.90 Å². The fourth-order valence-corrected chi connectivity index (χ4v) is 5.29. The molecule has 2 aliphatic rings. The molecule has 2 unspecified atom stereocenters. The van der Waals surface area contributed by atoms with Crippen LogP contribution in [0.25, 0.3) is 0 Å². The highest BCUT2D eigenvalue weighted by atomic mass is 79.9. The first-order chi connectivity index (χ1) is 9.36. The molecule has 0 bridgehead atoms. The van der Waals surface area contributed by atoms with E-state index in [1.54, 1.807) is 5.56 Å². The van der Waals surface area contributed by atoms with Gasteiger partial charge in [-0.2, -0.15) is 0 Å². The van der Waals surface area contributed by atoms with Crippen LogP contribution in [0.2, 0.25) is 0 Å². The Morgan fingerprint density at radius 3 is 3.11 bits per heavy atom. The van der Waals surface area contributed by atoms with Crippen molar-refractivity contribution in [1.82, 2.24) is 4.90 Å². The van der Waals surface area contributed by atoms with Crippen LogP contribution in [-0.4, -0.2) is 35.6 Å². The van der Waals surface area contributed by atoms with E-state index in [0.717, 1.165) is 17.2 Å². The molecule has 2 atom stereocenters. The van der Waals surface area contributed by atoms with E-state index < -0.39 is 0 Å². The largest absolute Gasteiger partial charge is 0.302 e. The maximum Gasteiger partial charge on any atom is 0.0108 e. The Morgan fingerprint density at radius 2 is 2.21 bits per heavy atom. The summed E-state index contributed by atoms with van der Waals surface area (Å²) in [5.41, 5.74) is 1.59. The number of likely N-dealkylation sites (tertiary alicyclic amines) is 1. The van der Waals surface area contributed by atoms with Crippen molar-refractivity contribution >= 4 is 27.7 Å². The zero-order valence-corrected chi connectivity index (χ0v) is 13.8. The van der Waals surface area contributed by atoms with Gasteiger partial charge in [0.15, 0.2) is 0 Å². The van der Waals surface area contributed by atoms with Crippen LogP contribution in [0.4, 0.5) is 0 Å². The highest BCUT2D eigenvalue weighted by Crippen LogP contribution is 2.40.